The highest BCUT2D eigenvalue weighted by molar-refractivity contribution is 8.00. The Labute approximate surface area is 104 Å². The van der Waals surface area contributed by atoms with Crippen LogP contribution in [-0.2, 0) is 9.84 Å². The molecule has 0 aliphatic rings. The Kier molecular flexibility index (Phi) is 6.98. The fraction of sp³-hybridized carbons (Fsp3) is 1.00. The number of sulfone groups is 1. The number of hydrogen-bond acceptors (Lipinski definition) is 4. The molecule has 0 saturated heterocycles. The van der Waals surface area contributed by atoms with E-state index in [1.807, 2.05) is 11.8 Å². The molecule has 0 aliphatic carbocycles. The molecule has 0 radical (unpaired) electrons. The number of nitrogens with two attached hydrogens (primary N) is 1. The highest BCUT2D eigenvalue weighted by atomic mass is 32.2. The van der Waals surface area contributed by atoms with Crippen LogP contribution in [0.15, 0.2) is 0 Å². The first-order valence-electron chi connectivity index (χ1n) is 5.76. The minimum atomic E-state index is -2.82. The molecule has 0 heterocycles. The molecule has 1 atom stereocenters. The molecule has 1 unspecified atom stereocenters. The average molecular weight is 267 g/mol. The molecule has 0 bridgehead atoms. The van der Waals surface area contributed by atoms with Gasteiger partial charge in [-0.15, -0.1) is 0 Å². The molecular weight excluding hydrogens is 242 g/mol. The Hall–Kier alpha value is 0.260. The van der Waals surface area contributed by atoms with Gasteiger partial charge in [-0.2, -0.15) is 11.8 Å². The van der Waals surface area contributed by atoms with Crippen LogP contribution in [0.2, 0.25) is 0 Å². The van der Waals surface area contributed by atoms with Crippen molar-refractivity contribution in [1.29, 1.82) is 0 Å². The monoisotopic (exact) mass is 267 g/mol. The lowest BCUT2D eigenvalue weighted by Gasteiger charge is -2.20. The number of rotatable bonds is 7. The van der Waals surface area contributed by atoms with Gasteiger partial charge in [0.05, 0.1) is 5.75 Å². The molecule has 3 nitrogen and oxygen atoms in total. The van der Waals surface area contributed by atoms with E-state index >= 15 is 0 Å². The molecule has 0 aromatic heterocycles. The summed E-state index contributed by atoms with van der Waals surface area (Å²) in [4.78, 5) is 0. The molecule has 2 N–H and O–H groups in total. The molecule has 0 aromatic rings. The van der Waals surface area contributed by atoms with Gasteiger partial charge in [-0.05, 0) is 12.8 Å². The van der Waals surface area contributed by atoms with Crippen molar-refractivity contribution in [2.75, 3.05) is 17.3 Å². The minimum absolute atomic E-state index is 0.108. The van der Waals surface area contributed by atoms with E-state index in [9.17, 15) is 8.42 Å². The fourth-order valence-corrected chi connectivity index (χ4v) is 2.93. The van der Waals surface area contributed by atoms with Crippen LogP contribution >= 0.6 is 11.8 Å². The average Bonchev–Trinajstić information content (AvgIpc) is 2.13. The molecule has 0 fully saturated rings. The van der Waals surface area contributed by atoms with Gasteiger partial charge < -0.3 is 5.73 Å². The quantitative estimate of drug-likeness (QED) is 0.767. The molecule has 0 aliphatic heterocycles. The zero-order valence-corrected chi connectivity index (χ0v) is 12.5. The van der Waals surface area contributed by atoms with Crippen molar-refractivity contribution in [3.63, 3.8) is 0 Å². The lowest BCUT2D eigenvalue weighted by Crippen LogP contribution is -2.26. The van der Waals surface area contributed by atoms with Gasteiger partial charge in [0.15, 0.2) is 0 Å². The maximum Gasteiger partial charge on any atom is 0.150 e. The molecule has 0 saturated carbocycles. The number of thioether (sulfide) groups is 1. The minimum Gasteiger partial charge on any atom is -0.327 e. The molecule has 0 aromatic carbocycles. The van der Waals surface area contributed by atoms with E-state index in [1.54, 1.807) is 6.92 Å². The number of hydrogen-bond donors (Lipinski definition) is 1. The van der Waals surface area contributed by atoms with Crippen molar-refractivity contribution >= 4 is 21.6 Å². The molecule has 98 valence electrons. The lowest BCUT2D eigenvalue weighted by atomic mass is 10.2. The second-order valence-corrected chi connectivity index (χ2v) is 9.38. The van der Waals surface area contributed by atoms with Gasteiger partial charge in [0.25, 0.3) is 0 Å². The van der Waals surface area contributed by atoms with Crippen molar-refractivity contribution in [3.05, 3.63) is 0 Å². The molecular formula is C11H25NO2S2. The van der Waals surface area contributed by atoms with Crippen LogP contribution in [0.4, 0.5) is 0 Å². The van der Waals surface area contributed by atoms with Crippen LogP contribution < -0.4 is 5.73 Å². The normalized spacial score (nSPS) is 15.1. The van der Waals surface area contributed by atoms with Crippen molar-refractivity contribution in [3.8, 4) is 0 Å². The van der Waals surface area contributed by atoms with Gasteiger partial charge in [0.1, 0.15) is 9.84 Å². The highest BCUT2D eigenvalue weighted by Gasteiger charge is 2.14. The van der Waals surface area contributed by atoms with Crippen molar-refractivity contribution < 1.29 is 8.42 Å². The third-order valence-electron chi connectivity index (χ3n) is 2.20. The van der Waals surface area contributed by atoms with Gasteiger partial charge in [-0.3, -0.25) is 0 Å². The van der Waals surface area contributed by atoms with E-state index in [-0.39, 0.29) is 22.3 Å². The standard InChI is InChI=1S/C11H25NO2S2/c1-5-16(13,14)8-6-7-10(12)9-15-11(2,3)4/h10H,5-9,12H2,1-4H3. The summed E-state index contributed by atoms with van der Waals surface area (Å²) in [5, 5.41) is 0. The molecule has 5 heteroatoms. The smallest absolute Gasteiger partial charge is 0.150 e. The summed E-state index contributed by atoms with van der Waals surface area (Å²) in [6.07, 6.45) is 1.48. The molecule has 0 spiro atoms. The van der Waals surface area contributed by atoms with Gasteiger partial charge in [-0.1, -0.05) is 27.7 Å². The van der Waals surface area contributed by atoms with Crippen LogP contribution in [0.3, 0.4) is 0 Å². The Morgan fingerprint density at radius 3 is 2.31 bits per heavy atom. The van der Waals surface area contributed by atoms with E-state index in [2.05, 4.69) is 20.8 Å². The maximum atomic E-state index is 11.3. The summed E-state index contributed by atoms with van der Waals surface area (Å²) >= 11 is 1.83. The fourth-order valence-electron chi connectivity index (χ4n) is 1.15. The first kappa shape index (κ1) is 16.3. The third-order valence-corrected chi connectivity index (χ3v) is 5.45. The molecule has 0 amide bonds. The SMILES string of the molecule is CCS(=O)(=O)CCCC(N)CSC(C)(C)C. The Bertz CT molecular complexity index is 281. The van der Waals surface area contributed by atoms with Crippen molar-refractivity contribution in [2.24, 2.45) is 5.73 Å². The van der Waals surface area contributed by atoms with Gasteiger partial charge in [0.2, 0.25) is 0 Å². The van der Waals surface area contributed by atoms with E-state index in [4.69, 9.17) is 5.73 Å². The predicted molar refractivity (Wildman–Crippen MR) is 73.7 cm³/mol. The van der Waals surface area contributed by atoms with Gasteiger partial charge in [0, 0.05) is 22.3 Å². The Morgan fingerprint density at radius 1 is 1.31 bits per heavy atom. The summed E-state index contributed by atoms with van der Waals surface area (Å²) in [5.74, 6) is 1.41. The second kappa shape index (κ2) is 6.87. The lowest BCUT2D eigenvalue weighted by molar-refractivity contribution is 0.587. The summed E-state index contributed by atoms with van der Waals surface area (Å²) in [5.41, 5.74) is 5.94. The summed E-state index contributed by atoms with van der Waals surface area (Å²) in [6.45, 7) is 8.16. The van der Waals surface area contributed by atoms with E-state index in [0.717, 1.165) is 12.2 Å². The zero-order chi connectivity index (χ0) is 12.8. The van der Waals surface area contributed by atoms with Crippen molar-refractivity contribution in [1.82, 2.24) is 0 Å². The molecule has 16 heavy (non-hydrogen) atoms. The first-order chi connectivity index (χ1) is 7.16. The Balaban J connectivity index is 3.71. The van der Waals surface area contributed by atoms with E-state index in [0.29, 0.717) is 6.42 Å². The van der Waals surface area contributed by atoms with Crippen molar-refractivity contribution in [2.45, 2.75) is 51.3 Å². The van der Waals surface area contributed by atoms with Gasteiger partial charge >= 0.3 is 0 Å². The largest absolute Gasteiger partial charge is 0.327 e. The van der Waals surface area contributed by atoms with Crippen LogP contribution in [0.1, 0.15) is 40.5 Å². The van der Waals surface area contributed by atoms with Crippen LogP contribution in [0.25, 0.3) is 0 Å². The van der Waals surface area contributed by atoms with Crippen LogP contribution in [0, 0.1) is 0 Å². The van der Waals surface area contributed by atoms with E-state index in [1.165, 1.54) is 0 Å². The summed E-state index contributed by atoms with van der Waals surface area (Å²) < 4.78 is 22.7. The third kappa shape index (κ3) is 9.48. The molecule has 0 rings (SSSR count). The highest BCUT2D eigenvalue weighted by Crippen LogP contribution is 2.24. The topological polar surface area (TPSA) is 60.2 Å². The predicted octanol–water partition coefficient (Wildman–Crippen LogP) is 2.06. The Morgan fingerprint density at radius 2 is 1.88 bits per heavy atom. The van der Waals surface area contributed by atoms with Crippen LogP contribution in [-0.4, -0.2) is 36.5 Å². The maximum absolute atomic E-state index is 11.3. The van der Waals surface area contributed by atoms with Gasteiger partial charge in [-0.25, -0.2) is 8.42 Å². The van der Waals surface area contributed by atoms with E-state index < -0.39 is 9.84 Å². The summed E-state index contributed by atoms with van der Waals surface area (Å²) in [6, 6.07) is 0.108. The summed E-state index contributed by atoms with van der Waals surface area (Å²) in [7, 11) is -2.82. The first-order valence-corrected chi connectivity index (χ1v) is 8.57. The van der Waals surface area contributed by atoms with Crippen LogP contribution in [0.5, 0.6) is 0 Å². The second-order valence-electron chi connectivity index (χ2n) is 5.06. The zero-order valence-electron chi connectivity index (χ0n) is 10.8.